The molecule has 2 aliphatic rings. The number of carbonyl (C=O) groups is 2. The van der Waals surface area contributed by atoms with Gasteiger partial charge >= 0.3 is 6.03 Å². The average molecular weight is 402 g/mol. The van der Waals surface area contributed by atoms with Gasteiger partial charge in [-0.05, 0) is 31.7 Å². The van der Waals surface area contributed by atoms with E-state index in [-0.39, 0.29) is 23.5 Å². The predicted molar refractivity (Wildman–Crippen MR) is 95.3 cm³/mol. The summed E-state index contributed by atoms with van der Waals surface area (Å²) in [6.07, 6.45) is 1.30. The van der Waals surface area contributed by atoms with Crippen LogP contribution in [0.5, 0.6) is 0 Å². The Hall–Kier alpha value is -1.93. The van der Waals surface area contributed by atoms with E-state index in [1.54, 1.807) is 14.0 Å². The van der Waals surface area contributed by atoms with Crippen molar-refractivity contribution in [3.05, 3.63) is 34.4 Å². The Morgan fingerprint density at radius 2 is 2.11 bits per heavy atom. The molecule has 0 spiro atoms. The van der Waals surface area contributed by atoms with Crippen LogP contribution in [0.3, 0.4) is 0 Å². The number of halogens is 3. The second-order valence-corrected chi connectivity index (χ2v) is 7.32. The Morgan fingerprint density at radius 3 is 2.78 bits per heavy atom. The topological polar surface area (TPSA) is 70.7 Å². The van der Waals surface area contributed by atoms with E-state index in [2.05, 4.69) is 10.6 Å². The maximum atomic E-state index is 14.6. The summed E-state index contributed by atoms with van der Waals surface area (Å²) in [5.41, 5.74) is 0.128. The smallest absolute Gasteiger partial charge is 0.318 e. The number of carbonyl (C=O) groups excluding carboxylic acids is 2. The number of rotatable bonds is 4. The van der Waals surface area contributed by atoms with Crippen LogP contribution in [0.15, 0.2) is 12.1 Å². The largest absolute Gasteiger partial charge is 0.381 e. The van der Waals surface area contributed by atoms with Gasteiger partial charge in [-0.1, -0.05) is 17.7 Å². The number of urea groups is 1. The molecule has 0 aromatic heterocycles. The Labute approximate surface area is 161 Å². The SMILES string of the molecule is COC1CC(C(NC(=O)N2CCNC(=O)[C@H]2C)c2ccc(F)c(Cl)c2F)C1. The van der Waals surface area contributed by atoms with Crippen molar-refractivity contribution in [2.45, 2.75) is 38.0 Å². The lowest BCUT2D eigenvalue weighted by Gasteiger charge is -2.41. The lowest BCUT2D eigenvalue weighted by Crippen LogP contribution is -2.59. The Kier molecular flexibility index (Phi) is 5.86. The highest BCUT2D eigenvalue weighted by molar-refractivity contribution is 6.31. The van der Waals surface area contributed by atoms with Crippen molar-refractivity contribution in [3.8, 4) is 0 Å². The van der Waals surface area contributed by atoms with Crippen LogP contribution in [0.25, 0.3) is 0 Å². The number of benzene rings is 1. The second kappa shape index (κ2) is 7.98. The highest BCUT2D eigenvalue weighted by atomic mass is 35.5. The van der Waals surface area contributed by atoms with Gasteiger partial charge in [0.25, 0.3) is 0 Å². The minimum atomic E-state index is -0.882. The summed E-state index contributed by atoms with van der Waals surface area (Å²) in [6, 6.07) is 0.591. The van der Waals surface area contributed by atoms with Gasteiger partial charge in [-0.25, -0.2) is 13.6 Å². The third kappa shape index (κ3) is 3.87. The van der Waals surface area contributed by atoms with Gasteiger partial charge in [0, 0.05) is 25.8 Å². The molecule has 6 nitrogen and oxygen atoms in total. The first-order chi connectivity index (χ1) is 12.8. The van der Waals surface area contributed by atoms with E-state index in [9.17, 15) is 18.4 Å². The Balaban J connectivity index is 1.84. The average Bonchev–Trinajstić information content (AvgIpc) is 2.60. The minimum absolute atomic E-state index is 0.0353. The first kappa shape index (κ1) is 19.8. The molecule has 9 heteroatoms. The summed E-state index contributed by atoms with van der Waals surface area (Å²) < 4.78 is 33.4. The molecule has 27 heavy (non-hydrogen) atoms. The van der Waals surface area contributed by atoms with Crippen LogP contribution in [0.1, 0.15) is 31.4 Å². The van der Waals surface area contributed by atoms with Gasteiger partial charge in [0.05, 0.1) is 12.1 Å². The Bertz CT molecular complexity index is 743. The number of ether oxygens (including phenoxy) is 1. The van der Waals surface area contributed by atoms with Gasteiger partial charge < -0.3 is 20.3 Å². The van der Waals surface area contributed by atoms with Crippen LogP contribution in [0.2, 0.25) is 5.02 Å². The third-order valence-electron chi connectivity index (χ3n) is 5.37. The van der Waals surface area contributed by atoms with Crippen molar-refractivity contribution in [1.82, 2.24) is 15.5 Å². The number of nitrogens with zero attached hydrogens (tertiary/aromatic N) is 1. The third-order valence-corrected chi connectivity index (χ3v) is 5.72. The summed E-state index contributed by atoms with van der Waals surface area (Å²) in [5, 5.41) is 4.91. The normalized spacial score (nSPS) is 26.2. The molecule has 1 aromatic carbocycles. The summed E-state index contributed by atoms with van der Waals surface area (Å²) >= 11 is 5.73. The number of methoxy groups -OCH3 is 1. The van der Waals surface area contributed by atoms with E-state index in [4.69, 9.17) is 16.3 Å². The maximum Gasteiger partial charge on any atom is 0.318 e. The molecule has 1 aliphatic carbocycles. The fourth-order valence-corrected chi connectivity index (χ4v) is 3.75. The molecular weight excluding hydrogens is 380 g/mol. The molecule has 1 heterocycles. The first-order valence-corrected chi connectivity index (χ1v) is 9.22. The first-order valence-electron chi connectivity index (χ1n) is 8.84. The van der Waals surface area contributed by atoms with Gasteiger partial charge in [-0.15, -0.1) is 0 Å². The highest BCUT2D eigenvalue weighted by Crippen LogP contribution is 2.41. The molecule has 1 aliphatic heterocycles. The monoisotopic (exact) mass is 401 g/mol. The van der Waals surface area contributed by atoms with Crippen molar-refractivity contribution in [2.24, 2.45) is 5.92 Å². The molecule has 2 fully saturated rings. The van der Waals surface area contributed by atoms with E-state index in [0.29, 0.717) is 25.9 Å². The van der Waals surface area contributed by atoms with Gasteiger partial charge in [-0.3, -0.25) is 4.79 Å². The minimum Gasteiger partial charge on any atom is -0.381 e. The quantitative estimate of drug-likeness (QED) is 0.762. The van der Waals surface area contributed by atoms with Crippen LogP contribution in [0.4, 0.5) is 13.6 Å². The molecule has 0 radical (unpaired) electrons. The number of hydrogen-bond donors (Lipinski definition) is 2. The number of hydrogen-bond acceptors (Lipinski definition) is 3. The number of amides is 3. The van der Waals surface area contributed by atoms with Crippen LogP contribution >= 0.6 is 11.6 Å². The Morgan fingerprint density at radius 1 is 1.41 bits per heavy atom. The maximum absolute atomic E-state index is 14.6. The van der Waals surface area contributed by atoms with Crippen LogP contribution in [-0.2, 0) is 9.53 Å². The fraction of sp³-hybridized carbons (Fsp3) is 0.556. The van der Waals surface area contributed by atoms with E-state index >= 15 is 0 Å². The van der Waals surface area contributed by atoms with Gasteiger partial charge in [-0.2, -0.15) is 0 Å². The standard InChI is InChI=1S/C18H22ClF2N3O3/c1-9-17(25)22-5-6-24(9)18(26)23-16(10-7-11(8-10)27-2)12-3-4-13(20)14(19)15(12)21/h3-4,9-11,16H,5-8H2,1-2H3,(H,22,25)(H,23,26)/t9-,10?,11?,16?/m1/s1. The predicted octanol–water partition coefficient (Wildman–Crippen LogP) is 2.61. The summed E-state index contributed by atoms with van der Waals surface area (Å²) in [6.45, 7) is 2.33. The molecule has 3 amide bonds. The summed E-state index contributed by atoms with van der Waals surface area (Å²) in [4.78, 5) is 26.0. The molecule has 0 bridgehead atoms. The van der Waals surface area contributed by atoms with E-state index in [0.717, 1.165) is 6.07 Å². The van der Waals surface area contributed by atoms with E-state index in [1.165, 1.54) is 11.0 Å². The van der Waals surface area contributed by atoms with Crippen LogP contribution in [-0.4, -0.2) is 49.2 Å². The van der Waals surface area contributed by atoms with Crippen LogP contribution < -0.4 is 10.6 Å². The lowest BCUT2D eigenvalue weighted by atomic mass is 9.74. The molecule has 148 valence electrons. The molecule has 1 unspecified atom stereocenters. The summed E-state index contributed by atoms with van der Waals surface area (Å²) in [7, 11) is 1.60. The van der Waals surface area contributed by atoms with Crippen LogP contribution in [0, 0.1) is 17.6 Å². The van der Waals surface area contributed by atoms with Crippen molar-refractivity contribution in [3.63, 3.8) is 0 Å². The molecular formula is C18H22ClF2N3O3. The van der Waals surface area contributed by atoms with Gasteiger partial charge in [0.2, 0.25) is 5.91 Å². The summed E-state index contributed by atoms with van der Waals surface area (Å²) in [5.74, 6) is -2.06. The van der Waals surface area contributed by atoms with Crippen molar-refractivity contribution in [1.29, 1.82) is 0 Å². The molecule has 3 rings (SSSR count). The zero-order valence-electron chi connectivity index (χ0n) is 15.1. The van der Waals surface area contributed by atoms with Gasteiger partial charge in [0.1, 0.15) is 22.7 Å². The molecule has 2 atom stereocenters. The van der Waals surface area contributed by atoms with Crippen molar-refractivity contribution >= 4 is 23.5 Å². The van der Waals surface area contributed by atoms with Gasteiger partial charge in [0.15, 0.2) is 0 Å². The second-order valence-electron chi connectivity index (χ2n) is 6.94. The highest BCUT2D eigenvalue weighted by Gasteiger charge is 2.40. The molecule has 2 N–H and O–H groups in total. The van der Waals surface area contributed by atoms with E-state index in [1.807, 2.05) is 0 Å². The molecule has 1 saturated heterocycles. The number of piperazine rings is 1. The van der Waals surface area contributed by atoms with E-state index < -0.39 is 34.8 Å². The fourth-order valence-electron chi connectivity index (χ4n) is 3.58. The molecule has 1 saturated carbocycles. The lowest BCUT2D eigenvalue weighted by molar-refractivity contribution is -0.127. The van der Waals surface area contributed by atoms with Crippen molar-refractivity contribution in [2.75, 3.05) is 20.2 Å². The molecule has 1 aromatic rings. The zero-order chi connectivity index (χ0) is 19.7. The zero-order valence-corrected chi connectivity index (χ0v) is 15.9. The van der Waals surface area contributed by atoms with Crippen molar-refractivity contribution < 1.29 is 23.1 Å². The number of nitrogens with one attached hydrogen (secondary N) is 2.